The lowest BCUT2D eigenvalue weighted by Gasteiger charge is -2.30. The summed E-state index contributed by atoms with van der Waals surface area (Å²) in [6.45, 7) is 6.06. The predicted molar refractivity (Wildman–Crippen MR) is 111 cm³/mol. The van der Waals surface area contributed by atoms with E-state index in [1.54, 1.807) is 0 Å². The molecule has 3 aliphatic rings. The first kappa shape index (κ1) is 18.2. The Balaban J connectivity index is 1.45. The average Bonchev–Trinajstić information content (AvgIpc) is 3.26. The topological polar surface area (TPSA) is 75.5 Å². The first-order valence-corrected chi connectivity index (χ1v) is 10.9. The van der Waals surface area contributed by atoms with Crippen molar-refractivity contribution < 1.29 is 4.74 Å². The van der Waals surface area contributed by atoms with Crippen molar-refractivity contribution in [3.05, 3.63) is 17.8 Å². The second-order valence-corrected chi connectivity index (χ2v) is 9.00. The third-order valence-corrected chi connectivity index (χ3v) is 6.52. The molecule has 0 aromatic carbocycles. The van der Waals surface area contributed by atoms with Crippen LogP contribution in [0.2, 0.25) is 0 Å². The summed E-state index contributed by atoms with van der Waals surface area (Å²) in [5.74, 6) is 2.39. The van der Waals surface area contributed by atoms with Crippen LogP contribution in [-0.2, 0) is 4.74 Å². The van der Waals surface area contributed by atoms with Crippen LogP contribution in [0.4, 0.5) is 11.6 Å². The quantitative estimate of drug-likeness (QED) is 0.735. The molecule has 3 aliphatic heterocycles. The molecule has 2 aromatic rings. The molecule has 7 nitrogen and oxygen atoms in total. The molecule has 3 fully saturated rings. The van der Waals surface area contributed by atoms with E-state index < -0.39 is 0 Å². The van der Waals surface area contributed by atoms with E-state index in [9.17, 15) is 0 Å². The van der Waals surface area contributed by atoms with Gasteiger partial charge in [0.15, 0.2) is 5.65 Å². The van der Waals surface area contributed by atoms with Crippen molar-refractivity contribution in [2.75, 3.05) is 23.8 Å². The maximum Gasteiger partial charge on any atom is 0.163 e. The van der Waals surface area contributed by atoms with E-state index in [1.807, 2.05) is 10.7 Å². The molecule has 0 aliphatic carbocycles. The Kier molecular flexibility index (Phi) is 4.88. The van der Waals surface area contributed by atoms with Crippen molar-refractivity contribution in [2.45, 2.75) is 82.5 Å². The Morgan fingerprint density at radius 3 is 2.54 bits per heavy atom. The molecular weight excluding hydrogens is 352 g/mol. The van der Waals surface area contributed by atoms with E-state index in [2.05, 4.69) is 41.0 Å². The Morgan fingerprint density at radius 1 is 1.07 bits per heavy atom. The number of fused-ring (bicyclic) bond motifs is 3. The Hall–Kier alpha value is -1.86. The fourth-order valence-electron chi connectivity index (χ4n) is 5.00. The van der Waals surface area contributed by atoms with Crippen molar-refractivity contribution in [2.24, 2.45) is 0 Å². The Labute approximate surface area is 166 Å². The van der Waals surface area contributed by atoms with Gasteiger partial charge in [0, 0.05) is 49.0 Å². The highest BCUT2D eigenvalue weighted by Gasteiger charge is 2.33. The lowest BCUT2D eigenvalue weighted by atomic mass is 10.00. The summed E-state index contributed by atoms with van der Waals surface area (Å²) in [4.78, 5) is 4.94. The number of ether oxygens (including phenoxy) is 1. The van der Waals surface area contributed by atoms with Crippen molar-refractivity contribution in [1.82, 2.24) is 19.9 Å². The monoisotopic (exact) mass is 384 g/mol. The van der Waals surface area contributed by atoms with Crippen LogP contribution in [0.5, 0.6) is 0 Å². The first-order valence-electron chi connectivity index (χ1n) is 10.9. The van der Waals surface area contributed by atoms with Gasteiger partial charge in [-0.1, -0.05) is 13.8 Å². The maximum atomic E-state index is 5.50. The van der Waals surface area contributed by atoms with Gasteiger partial charge in [-0.2, -0.15) is 9.61 Å². The summed E-state index contributed by atoms with van der Waals surface area (Å²) in [5.41, 5.74) is 2.16. The van der Waals surface area contributed by atoms with Crippen molar-refractivity contribution in [1.29, 1.82) is 0 Å². The van der Waals surface area contributed by atoms with Crippen molar-refractivity contribution in [3.63, 3.8) is 0 Å². The second-order valence-electron chi connectivity index (χ2n) is 9.00. The van der Waals surface area contributed by atoms with Crippen LogP contribution in [-0.4, -0.2) is 52.0 Å². The summed E-state index contributed by atoms with van der Waals surface area (Å²) < 4.78 is 7.50. The Morgan fingerprint density at radius 2 is 1.82 bits per heavy atom. The van der Waals surface area contributed by atoms with Crippen LogP contribution in [0.3, 0.4) is 0 Å². The van der Waals surface area contributed by atoms with Gasteiger partial charge in [-0.15, -0.1) is 0 Å². The highest BCUT2D eigenvalue weighted by molar-refractivity contribution is 5.61. The maximum absolute atomic E-state index is 5.50. The van der Waals surface area contributed by atoms with Gasteiger partial charge in [0.1, 0.15) is 11.6 Å². The van der Waals surface area contributed by atoms with E-state index in [0.717, 1.165) is 43.3 Å². The molecule has 0 amide bonds. The summed E-state index contributed by atoms with van der Waals surface area (Å²) in [6, 6.07) is 4.39. The molecule has 0 spiro atoms. The zero-order chi connectivity index (χ0) is 19.1. The van der Waals surface area contributed by atoms with E-state index in [0.29, 0.717) is 30.1 Å². The van der Waals surface area contributed by atoms with E-state index in [4.69, 9.17) is 9.72 Å². The summed E-state index contributed by atoms with van der Waals surface area (Å²) in [7, 11) is 0. The van der Waals surface area contributed by atoms with Crippen LogP contribution in [0.1, 0.15) is 63.9 Å². The average molecular weight is 385 g/mol. The second kappa shape index (κ2) is 7.52. The van der Waals surface area contributed by atoms with Gasteiger partial charge < -0.3 is 20.7 Å². The van der Waals surface area contributed by atoms with E-state index in [-0.39, 0.29) is 0 Å². The van der Waals surface area contributed by atoms with Gasteiger partial charge in [0.05, 0.1) is 6.20 Å². The normalized spacial score (nSPS) is 28.2. The smallest absolute Gasteiger partial charge is 0.163 e. The van der Waals surface area contributed by atoms with Crippen molar-refractivity contribution >= 4 is 17.3 Å². The lowest BCUT2D eigenvalue weighted by molar-refractivity contribution is 0.0904. The number of hydrogen-bond donors (Lipinski definition) is 3. The highest BCUT2D eigenvalue weighted by Crippen LogP contribution is 2.30. The molecule has 2 aromatic heterocycles. The molecule has 0 saturated carbocycles. The van der Waals surface area contributed by atoms with Crippen LogP contribution in [0.15, 0.2) is 12.3 Å². The van der Waals surface area contributed by atoms with Crippen LogP contribution < -0.4 is 16.0 Å². The minimum atomic E-state index is 0.394. The minimum Gasteiger partial charge on any atom is -0.381 e. The minimum absolute atomic E-state index is 0.394. The highest BCUT2D eigenvalue weighted by atomic mass is 16.5. The molecule has 5 rings (SSSR count). The third kappa shape index (κ3) is 3.57. The molecular formula is C21H32N6O. The SMILES string of the molecule is CC(C)c1cnn2c(NC3CC4CCC(C3)N4)cc(NC3CCOCC3)nc12. The summed E-state index contributed by atoms with van der Waals surface area (Å²) in [6.07, 6.45) is 9.02. The standard InChI is InChI=1S/C21H32N6O/c1-13(2)18-12-22-27-20(25-17-9-15-3-4-16(10-17)23-15)11-19(26-21(18)27)24-14-5-7-28-8-6-14/h11-17,23,25H,3-10H2,1-2H3,(H,24,26). The van der Waals surface area contributed by atoms with Gasteiger partial charge in [-0.3, -0.25) is 0 Å². The lowest BCUT2D eigenvalue weighted by Crippen LogP contribution is -2.43. The molecule has 2 bridgehead atoms. The van der Waals surface area contributed by atoms with Gasteiger partial charge in [-0.05, 0) is 44.4 Å². The number of rotatable bonds is 5. The molecule has 152 valence electrons. The number of nitrogens with one attached hydrogen (secondary N) is 3. The predicted octanol–water partition coefficient (Wildman–Crippen LogP) is 3.14. The number of nitrogens with zero attached hydrogens (tertiary/aromatic N) is 3. The van der Waals surface area contributed by atoms with Gasteiger partial charge >= 0.3 is 0 Å². The number of piperidine rings is 1. The molecule has 28 heavy (non-hydrogen) atoms. The molecule has 5 heterocycles. The number of aromatic nitrogens is 3. The zero-order valence-electron chi connectivity index (χ0n) is 16.9. The molecule has 2 atom stereocenters. The molecule has 0 radical (unpaired) electrons. The van der Waals surface area contributed by atoms with E-state index >= 15 is 0 Å². The molecule has 3 saturated heterocycles. The first-order chi connectivity index (χ1) is 13.7. The molecule has 3 N–H and O–H groups in total. The molecule has 7 heteroatoms. The van der Waals surface area contributed by atoms with Crippen LogP contribution in [0.25, 0.3) is 5.65 Å². The van der Waals surface area contributed by atoms with Crippen molar-refractivity contribution in [3.8, 4) is 0 Å². The molecule has 2 unspecified atom stereocenters. The summed E-state index contributed by atoms with van der Waals surface area (Å²) in [5, 5.41) is 15.9. The van der Waals surface area contributed by atoms with Gasteiger partial charge in [0.25, 0.3) is 0 Å². The summed E-state index contributed by atoms with van der Waals surface area (Å²) >= 11 is 0. The van der Waals surface area contributed by atoms with Crippen LogP contribution >= 0.6 is 0 Å². The number of anilines is 2. The largest absolute Gasteiger partial charge is 0.381 e. The van der Waals surface area contributed by atoms with Gasteiger partial charge in [-0.25, -0.2) is 4.98 Å². The Bertz CT molecular complexity index is 816. The fraction of sp³-hybridized carbons (Fsp3) is 0.714. The third-order valence-electron chi connectivity index (χ3n) is 6.52. The van der Waals surface area contributed by atoms with E-state index in [1.165, 1.54) is 31.2 Å². The number of hydrogen-bond acceptors (Lipinski definition) is 6. The van der Waals surface area contributed by atoms with Gasteiger partial charge in [0.2, 0.25) is 0 Å². The zero-order valence-corrected chi connectivity index (χ0v) is 16.9. The fourth-order valence-corrected chi connectivity index (χ4v) is 5.00. The van der Waals surface area contributed by atoms with Crippen LogP contribution in [0, 0.1) is 0 Å².